The van der Waals surface area contributed by atoms with Gasteiger partial charge in [-0.15, -0.1) is 0 Å². The summed E-state index contributed by atoms with van der Waals surface area (Å²) < 4.78 is 27.0. The maximum absolute atomic E-state index is 12.2. The van der Waals surface area contributed by atoms with E-state index in [2.05, 4.69) is 9.97 Å². The van der Waals surface area contributed by atoms with Gasteiger partial charge in [-0.05, 0) is 24.3 Å². The first-order valence-corrected chi connectivity index (χ1v) is 11.1. The monoisotopic (exact) mass is 506 g/mol. The molecule has 12 nitrogen and oxygen atoms in total. The van der Waals surface area contributed by atoms with Gasteiger partial charge in [0.25, 0.3) is 0 Å². The maximum Gasteiger partial charge on any atom is 0.303 e. The molecule has 0 saturated heterocycles. The lowest BCUT2D eigenvalue weighted by molar-refractivity contribution is -0.203. The van der Waals surface area contributed by atoms with E-state index in [0.717, 1.165) is 27.7 Å². The maximum atomic E-state index is 12.2. The molecule has 2 aromatic rings. The van der Waals surface area contributed by atoms with Crippen LogP contribution in [0.3, 0.4) is 0 Å². The smallest absolute Gasteiger partial charge is 0.303 e. The summed E-state index contributed by atoms with van der Waals surface area (Å²) in [7, 11) is 0. The third kappa shape index (κ3) is 8.29. The zero-order valence-electron chi connectivity index (χ0n) is 20.6. The van der Waals surface area contributed by atoms with Crippen molar-refractivity contribution in [2.75, 3.05) is 6.61 Å². The molecule has 0 amide bonds. The minimum Gasteiger partial charge on any atom is -0.462 e. The topological polar surface area (TPSA) is 163 Å². The highest BCUT2D eigenvalue weighted by Gasteiger charge is 2.48. The van der Waals surface area contributed by atoms with Crippen molar-refractivity contribution in [1.82, 2.24) is 9.97 Å². The fraction of sp³-hybridized carbons (Fsp3) is 0.458. The van der Waals surface area contributed by atoms with E-state index in [4.69, 9.17) is 23.7 Å². The summed E-state index contributed by atoms with van der Waals surface area (Å²) in [4.78, 5) is 66.1. The quantitative estimate of drug-likeness (QED) is 0.320. The summed E-state index contributed by atoms with van der Waals surface area (Å²) in [6.07, 6.45) is -2.39. The van der Waals surface area contributed by atoms with Gasteiger partial charge in [-0.3, -0.25) is 24.0 Å². The van der Waals surface area contributed by atoms with E-state index in [1.807, 2.05) is 0 Å². The molecule has 0 fully saturated rings. The van der Waals surface area contributed by atoms with Crippen molar-refractivity contribution in [3.63, 3.8) is 0 Å². The Bertz CT molecular complexity index is 997. The molecule has 0 aliphatic heterocycles. The van der Waals surface area contributed by atoms with Gasteiger partial charge in [-0.25, -0.2) is 0 Å². The number of rotatable bonds is 12. The standard InChI is InChI=1S/C24H30N2O10/c1-13(27)32-12-20(33-14(2)28)22(34-15(3)29)24(36-17(5)31)23(35-16(4)30)21(18-8-6-10-25-18)19-9-7-11-26-19/h6-11,20-26H,12H2,1-5H3/t20-,22-,23-,24+/m1/s1. The zero-order chi connectivity index (χ0) is 26.8. The Labute approximate surface area is 207 Å². The second kappa shape index (κ2) is 13.1. The van der Waals surface area contributed by atoms with Crippen molar-refractivity contribution in [3.8, 4) is 0 Å². The summed E-state index contributed by atoms with van der Waals surface area (Å²) in [5, 5.41) is 0. The van der Waals surface area contributed by atoms with Crippen LogP contribution in [0.5, 0.6) is 0 Å². The van der Waals surface area contributed by atoms with Crippen LogP contribution in [0.2, 0.25) is 0 Å². The third-order valence-electron chi connectivity index (χ3n) is 4.93. The van der Waals surface area contributed by atoms with Crippen LogP contribution >= 0.6 is 0 Å². The minimum atomic E-state index is -1.52. The number of H-pyrrole nitrogens is 2. The Kier molecular flexibility index (Phi) is 10.3. The minimum absolute atomic E-state index is 0.521. The molecule has 0 bridgehead atoms. The van der Waals surface area contributed by atoms with Crippen LogP contribution in [0.1, 0.15) is 51.9 Å². The molecule has 0 aliphatic rings. The number of nitrogens with one attached hydrogen (secondary N) is 2. The summed E-state index contributed by atoms with van der Waals surface area (Å²) in [5.74, 6) is -4.56. The van der Waals surface area contributed by atoms with Crippen molar-refractivity contribution >= 4 is 29.8 Å². The zero-order valence-corrected chi connectivity index (χ0v) is 20.6. The van der Waals surface area contributed by atoms with Gasteiger partial charge in [-0.1, -0.05) is 0 Å². The highest BCUT2D eigenvalue weighted by Crippen LogP contribution is 2.34. The van der Waals surface area contributed by atoms with Gasteiger partial charge in [0.2, 0.25) is 0 Å². The van der Waals surface area contributed by atoms with Crippen molar-refractivity contribution in [2.24, 2.45) is 0 Å². The van der Waals surface area contributed by atoms with E-state index in [1.54, 1.807) is 36.7 Å². The second-order valence-electron chi connectivity index (χ2n) is 7.90. The van der Waals surface area contributed by atoms with Crippen LogP contribution in [0, 0.1) is 0 Å². The number of carbonyl (C=O) groups is 5. The summed E-state index contributed by atoms with van der Waals surface area (Å²) in [6.45, 7) is 5.12. The first kappa shape index (κ1) is 28.1. The van der Waals surface area contributed by atoms with Gasteiger partial charge < -0.3 is 33.7 Å². The van der Waals surface area contributed by atoms with Gasteiger partial charge in [0.15, 0.2) is 24.4 Å². The molecule has 2 heterocycles. The molecule has 2 N–H and O–H groups in total. The molecule has 0 aromatic carbocycles. The average molecular weight is 507 g/mol. The van der Waals surface area contributed by atoms with Crippen molar-refractivity contribution in [2.45, 2.75) is 65.0 Å². The van der Waals surface area contributed by atoms with Crippen LogP contribution in [-0.4, -0.2) is 70.8 Å². The molecule has 0 aliphatic carbocycles. The number of aromatic amines is 2. The number of esters is 5. The second-order valence-corrected chi connectivity index (χ2v) is 7.90. The lowest BCUT2D eigenvalue weighted by Crippen LogP contribution is -2.54. The number of carbonyl (C=O) groups excluding carboxylic acids is 5. The van der Waals surface area contributed by atoms with Crippen molar-refractivity contribution in [3.05, 3.63) is 48.0 Å². The molecule has 0 radical (unpaired) electrons. The van der Waals surface area contributed by atoms with E-state index in [0.29, 0.717) is 11.4 Å². The first-order valence-electron chi connectivity index (χ1n) is 11.1. The average Bonchev–Trinajstić information content (AvgIpc) is 3.47. The molecule has 2 aromatic heterocycles. The van der Waals surface area contributed by atoms with Crippen molar-refractivity contribution < 1.29 is 47.7 Å². The molecule has 2 rings (SSSR count). The first-order chi connectivity index (χ1) is 17.0. The number of aromatic nitrogens is 2. The van der Waals surface area contributed by atoms with Gasteiger partial charge >= 0.3 is 29.8 Å². The van der Waals surface area contributed by atoms with Crippen LogP contribution in [0.15, 0.2) is 36.7 Å². The Morgan fingerprint density at radius 1 is 0.639 bits per heavy atom. The summed E-state index contributed by atoms with van der Waals surface area (Å²) >= 11 is 0. The van der Waals surface area contributed by atoms with E-state index in [-0.39, 0.29) is 0 Å². The highest BCUT2D eigenvalue weighted by atomic mass is 16.6. The molecular weight excluding hydrogens is 476 g/mol. The Balaban J connectivity index is 2.70. The van der Waals surface area contributed by atoms with Gasteiger partial charge in [0.05, 0.1) is 5.92 Å². The Morgan fingerprint density at radius 2 is 1.08 bits per heavy atom. The fourth-order valence-electron chi connectivity index (χ4n) is 3.78. The van der Waals surface area contributed by atoms with Crippen LogP contribution in [0.4, 0.5) is 0 Å². The highest BCUT2D eigenvalue weighted by molar-refractivity contribution is 5.69. The number of hydrogen-bond acceptors (Lipinski definition) is 10. The van der Waals surface area contributed by atoms with E-state index in [9.17, 15) is 24.0 Å². The van der Waals surface area contributed by atoms with Gasteiger partial charge in [0, 0.05) is 58.4 Å². The summed E-state index contributed by atoms with van der Waals surface area (Å²) in [6, 6.07) is 6.91. The molecule has 4 atom stereocenters. The summed E-state index contributed by atoms with van der Waals surface area (Å²) in [5.41, 5.74) is 1.15. The fourth-order valence-corrected chi connectivity index (χ4v) is 3.78. The molecule has 196 valence electrons. The lowest BCUT2D eigenvalue weighted by atomic mass is 9.87. The van der Waals surface area contributed by atoms with E-state index in [1.165, 1.54) is 6.92 Å². The van der Waals surface area contributed by atoms with Gasteiger partial charge in [-0.2, -0.15) is 0 Å². The number of ether oxygens (including phenoxy) is 5. The predicted octanol–water partition coefficient (Wildman–Crippen LogP) is 1.76. The molecule has 12 heteroatoms. The molecule has 0 spiro atoms. The number of hydrogen-bond donors (Lipinski definition) is 2. The third-order valence-corrected chi connectivity index (χ3v) is 4.93. The molecule has 0 unspecified atom stereocenters. The van der Waals surface area contributed by atoms with Crippen LogP contribution in [-0.2, 0) is 47.7 Å². The van der Waals surface area contributed by atoms with E-state index < -0.39 is 66.8 Å². The van der Waals surface area contributed by atoms with Crippen LogP contribution < -0.4 is 0 Å². The molecular formula is C24H30N2O10. The van der Waals surface area contributed by atoms with Crippen LogP contribution in [0.25, 0.3) is 0 Å². The molecule has 36 heavy (non-hydrogen) atoms. The largest absolute Gasteiger partial charge is 0.462 e. The SMILES string of the molecule is CC(=O)OC[C@@H](OC(C)=O)[C@@H](OC(C)=O)[C@H](OC(C)=O)[C@H](OC(C)=O)C(c1ccc[nH]1)c1ccc[nH]1. The predicted molar refractivity (Wildman–Crippen MR) is 122 cm³/mol. The van der Waals surface area contributed by atoms with Crippen molar-refractivity contribution in [1.29, 1.82) is 0 Å². The Hall–Kier alpha value is -4.09. The normalized spacial score (nSPS) is 14.2. The van der Waals surface area contributed by atoms with E-state index >= 15 is 0 Å². The lowest BCUT2D eigenvalue weighted by Gasteiger charge is -2.38. The Morgan fingerprint density at radius 3 is 1.47 bits per heavy atom. The molecule has 0 saturated carbocycles. The van der Waals surface area contributed by atoms with Gasteiger partial charge in [0.1, 0.15) is 6.61 Å².